The molecule has 0 fully saturated rings. The van der Waals surface area contributed by atoms with Crippen molar-refractivity contribution in [3.05, 3.63) is 35.4 Å². The molecule has 76 valence electrons. The highest BCUT2D eigenvalue weighted by atomic mass is 16.3. The van der Waals surface area contributed by atoms with Crippen LogP contribution in [0.1, 0.15) is 30.1 Å². The van der Waals surface area contributed by atoms with Gasteiger partial charge in [-0.25, -0.2) is 0 Å². The maximum atomic E-state index is 10.5. The Labute approximate surface area is 83.6 Å². The van der Waals surface area contributed by atoms with Crippen molar-refractivity contribution < 1.29 is 9.90 Å². The molecule has 3 N–H and O–H groups in total. The second-order valence-corrected chi connectivity index (χ2v) is 3.43. The third-order valence-electron chi connectivity index (χ3n) is 2.13. The number of amides is 1. The fourth-order valence-electron chi connectivity index (χ4n) is 1.23. The standard InChI is InChI=1S/C11H15NO2/c1-8-2-4-9(5-3-8)10(13)6-7-11(12)14/h2-5,10,13H,6-7H2,1H3,(H2,12,14). The van der Waals surface area contributed by atoms with Gasteiger partial charge in [0.05, 0.1) is 6.10 Å². The molecule has 0 saturated heterocycles. The Bertz CT molecular complexity index is 306. The zero-order valence-corrected chi connectivity index (χ0v) is 8.23. The van der Waals surface area contributed by atoms with Gasteiger partial charge in [-0.3, -0.25) is 4.79 Å². The van der Waals surface area contributed by atoms with E-state index >= 15 is 0 Å². The lowest BCUT2D eigenvalue weighted by Gasteiger charge is -2.09. The van der Waals surface area contributed by atoms with E-state index in [9.17, 15) is 9.90 Å². The molecular formula is C11H15NO2. The average molecular weight is 193 g/mol. The molecule has 0 heterocycles. The van der Waals surface area contributed by atoms with Crippen molar-refractivity contribution in [3.8, 4) is 0 Å². The van der Waals surface area contributed by atoms with Crippen molar-refractivity contribution in [3.63, 3.8) is 0 Å². The normalized spacial score (nSPS) is 12.4. The fourth-order valence-corrected chi connectivity index (χ4v) is 1.23. The van der Waals surface area contributed by atoms with E-state index in [1.165, 1.54) is 0 Å². The minimum Gasteiger partial charge on any atom is -0.388 e. The first kappa shape index (κ1) is 10.7. The molecule has 0 bridgehead atoms. The molecule has 1 aromatic rings. The molecule has 1 unspecified atom stereocenters. The second-order valence-electron chi connectivity index (χ2n) is 3.43. The number of aliphatic hydroxyl groups is 1. The highest BCUT2D eigenvalue weighted by Gasteiger charge is 2.08. The van der Waals surface area contributed by atoms with Gasteiger partial charge in [0.15, 0.2) is 0 Å². The van der Waals surface area contributed by atoms with E-state index in [0.29, 0.717) is 6.42 Å². The summed E-state index contributed by atoms with van der Waals surface area (Å²) in [6, 6.07) is 7.59. The van der Waals surface area contributed by atoms with E-state index < -0.39 is 6.10 Å². The first-order valence-electron chi connectivity index (χ1n) is 4.62. The molecule has 14 heavy (non-hydrogen) atoms. The average Bonchev–Trinajstić information content (AvgIpc) is 2.15. The highest BCUT2D eigenvalue weighted by Crippen LogP contribution is 2.18. The van der Waals surface area contributed by atoms with Crippen LogP contribution < -0.4 is 5.73 Å². The summed E-state index contributed by atoms with van der Waals surface area (Å²) in [6.07, 6.45) is 0.0102. The zero-order valence-electron chi connectivity index (χ0n) is 8.23. The molecule has 0 spiro atoms. The smallest absolute Gasteiger partial charge is 0.217 e. The minimum atomic E-state index is -0.594. The molecule has 3 nitrogen and oxygen atoms in total. The molecule has 1 amide bonds. The number of carbonyl (C=O) groups is 1. The number of aliphatic hydroxyl groups excluding tert-OH is 1. The molecule has 0 aliphatic heterocycles. The number of carbonyl (C=O) groups excluding carboxylic acids is 1. The molecule has 3 heteroatoms. The number of primary amides is 1. The van der Waals surface area contributed by atoms with Crippen LogP contribution in [0.3, 0.4) is 0 Å². The Morgan fingerprint density at radius 2 is 2.00 bits per heavy atom. The lowest BCUT2D eigenvalue weighted by atomic mass is 10.0. The van der Waals surface area contributed by atoms with Crippen LogP contribution in [0.5, 0.6) is 0 Å². The first-order chi connectivity index (χ1) is 6.59. The third kappa shape index (κ3) is 3.18. The predicted octanol–water partition coefficient (Wildman–Crippen LogP) is 1.29. The Hall–Kier alpha value is -1.35. The summed E-state index contributed by atoms with van der Waals surface area (Å²) in [5, 5.41) is 9.65. The van der Waals surface area contributed by atoms with Gasteiger partial charge in [0, 0.05) is 6.42 Å². The maximum Gasteiger partial charge on any atom is 0.217 e. The van der Waals surface area contributed by atoms with E-state index in [4.69, 9.17) is 5.73 Å². The van der Waals surface area contributed by atoms with E-state index in [1.807, 2.05) is 31.2 Å². The van der Waals surface area contributed by atoms with E-state index in [-0.39, 0.29) is 12.3 Å². The number of hydrogen-bond acceptors (Lipinski definition) is 2. The Morgan fingerprint density at radius 1 is 1.43 bits per heavy atom. The summed E-state index contributed by atoms with van der Waals surface area (Å²) in [4.78, 5) is 10.5. The molecular weight excluding hydrogens is 178 g/mol. The monoisotopic (exact) mass is 193 g/mol. The van der Waals surface area contributed by atoms with Crippen molar-refractivity contribution in [2.45, 2.75) is 25.9 Å². The quantitative estimate of drug-likeness (QED) is 0.756. The van der Waals surface area contributed by atoms with Gasteiger partial charge < -0.3 is 10.8 Å². The van der Waals surface area contributed by atoms with E-state index in [0.717, 1.165) is 11.1 Å². The van der Waals surface area contributed by atoms with E-state index in [2.05, 4.69) is 0 Å². The molecule has 0 aliphatic rings. The summed E-state index contributed by atoms with van der Waals surface area (Å²) in [7, 11) is 0. The summed E-state index contributed by atoms with van der Waals surface area (Å²) >= 11 is 0. The lowest BCUT2D eigenvalue weighted by molar-refractivity contribution is -0.118. The number of hydrogen-bond donors (Lipinski definition) is 2. The van der Waals surface area contributed by atoms with Crippen molar-refractivity contribution in [2.75, 3.05) is 0 Å². The van der Waals surface area contributed by atoms with Crippen molar-refractivity contribution in [1.29, 1.82) is 0 Å². The van der Waals surface area contributed by atoms with Crippen LogP contribution in [0, 0.1) is 6.92 Å². The summed E-state index contributed by atoms with van der Waals surface area (Å²) in [5.41, 5.74) is 6.97. The molecule has 0 saturated carbocycles. The second kappa shape index (κ2) is 4.77. The van der Waals surface area contributed by atoms with Crippen LogP contribution in [0.2, 0.25) is 0 Å². The first-order valence-corrected chi connectivity index (χ1v) is 4.62. The highest BCUT2D eigenvalue weighted by molar-refractivity contribution is 5.73. The van der Waals surface area contributed by atoms with Gasteiger partial charge in [-0.2, -0.15) is 0 Å². The fraction of sp³-hybridized carbons (Fsp3) is 0.364. The number of rotatable bonds is 4. The van der Waals surface area contributed by atoms with Crippen LogP contribution in [0.4, 0.5) is 0 Å². The van der Waals surface area contributed by atoms with Gasteiger partial charge in [0.1, 0.15) is 0 Å². The van der Waals surface area contributed by atoms with Crippen LogP contribution in [0.25, 0.3) is 0 Å². The predicted molar refractivity (Wildman–Crippen MR) is 54.6 cm³/mol. The number of benzene rings is 1. The molecule has 0 radical (unpaired) electrons. The number of nitrogens with two attached hydrogens (primary N) is 1. The summed E-state index contributed by atoms with van der Waals surface area (Å²) in [6.45, 7) is 1.99. The van der Waals surface area contributed by atoms with Crippen LogP contribution in [-0.4, -0.2) is 11.0 Å². The molecule has 1 rings (SSSR count). The largest absolute Gasteiger partial charge is 0.388 e. The Kier molecular flexibility index (Phi) is 3.65. The van der Waals surface area contributed by atoms with Gasteiger partial charge in [0.2, 0.25) is 5.91 Å². The van der Waals surface area contributed by atoms with Gasteiger partial charge in [-0.15, -0.1) is 0 Å². The molecule has 0 aliphatic carbocycles. The van der Waals surface area contributed by atoms with Crippen molar-refractivity contribution in [2.24, 2.45) is 5.73 Å². The van der Waals surface area contributed by atoms with Crippen molar-refractivity contribution in [1.82, 2.24) is 0 Å². The summed E-state index contributed by atoms with van der Waals surface area (Å²) < 4.78 is 0. The maximum absolute atomic E-state index is 10.5. The molecule has 1 atom stereocenters. The Balaban J connectivity index is 2.56. The molecule has 0 aromatic heterocycles. The van der Waals surface area contributed by atoms with Crippen LogP contribution in [0.15, 0.2) is 24.3 Å². The van der Waals surface area contributed by atoms with E-state index in [1.54, 1.807) is 0 Å². The van der Waals surface area contributed by atoms with Crippen LogP contribution in [-0.2, 0) is 4.79 Å². The van der Waals surface area contributed by atoms with Gasteiger partial charge in [0.25, 0.3) is 0 Å². The van der Waals surface area contributed by atoms with Crippen LogP contribution >= 0.6 is 0 Å². The van der Waals surface area contributed by atoms with Gasteiger partial charge in [-0.05, 0) is 18.9 Å². The molecule has 1 aromatic carbocycles. The van der Waals surface area contributed by atoms with Gasteiger partial charge >= 0.3 is 0 Å². The third-order valence-corrected chi connectivity index (χ3v) is 2.13. The Morgan fingerprint density at radius 3 is 2.50 bits per heavy atom. The minimum absolute atomic E-state index is 0.217. The van der Waals surface area contributed by atoms with Gasteiger partial charge in [-0.1, -0.05) is 29.8 Å². The number of aryl methyl sites for hydroxylation is 1. The summed E-state index contributed by atoms with van der Waals surface area (Å²) in [5.74, 6) is -0.379. The lowest BCUT2D eigenvalue weighted by Crippen LogP contribution is -2.12. The zero-order chi connectivity index (χ0) is 10.6. The SMILES string of the molecule is Cc1ccc(C(O)CCC(N)=O)cc1. The van der Waals surface area contributed by atoms with Crippen molar-refractivity contribution >= 4 is 5.91 Å². The topological polar surface area (TPSA) is 63.3 Å².